The maximum Gasteiger partial charge on any atom is 0.321 e. The largest absolute Gasteiger partial charge is 0.456 e. The molecular weight excluding hydrogens is 374 g/mol. The van der Waals surface area contributed by atoms with Gasteiger partial charge in [0.15, 0.2) is 12.3 Å². The molecule has 158 valence electrons. The number of imide groups is 1. The van der Waals surface area contributed by atoms with Crippen LogP contribution in [-0.4, -0.2) is 45.7 Å². The number of amides is 3. The van der Waals surface area contributed by atoms with E-state index >= 15 is 0 Å². The molecule has 0 saturated heterocycles. The zero-order chi connectivity index (χ0) is 21.6. The Hall–Kier alpha value is -2.97. The quantitative estimate of drug-likeness (QED) is 0.652. The number of hydrogen-bond acceptors (Lipinski definition) is 6. The Labute approximate surface area is 170 Å². The number of carbonyl (C=O) groups excluding carboxylic acids is 3. The standard InChI is InChI=1S/C20H29N5O4/c1-12(2)8-9-21-20(28)23-18(26)11-29-19(27)7-6-16-14(4)22-17-10-13(3)24-25(17)15(16)5/h10,12H,6-9,11H2,1-5H3,(H2,21,23,26,28). The fraction of sp³-hybridized carbons (Fsp3) is 0.550. The molecule has 2 rings (SSSR count). The number of carbonyl (C=O) groups is 3. The number of nitrogens with one attached hydrogen (secondary N) is 2. The van der Waals surface area contributed by atoms with Crippen LogP contribution in [0.25, 0.3) is 5.65 Å². The van der Waals surface area contributed by atoms with E-state index in [0.717, 1.165) is 34.7 Å². The monoisotopic (exact) mass is 403 g/mol. The molecule has 2 N–H and O–H groups in total. The Bertz CT molecular complexity index is 904. The fourth-order valence-corrected chi connectivity index (χ4v) is 2.93. The molecule has 0 radical (unpaired) electrons. The first-order valence-electron chi connectivity index (χ1n) is 9.73. The van der Waals surface area contributed by atoms with E-state index < -0.39 is 24.5 Å². The van der Waals surface area contributed by atoms with Crippen molar-refractivity contribution in [1.29, 1.82) is 0 Å². The predicted octanol–water partition coefficient (Wildman–Crippen LogP) is 2.00. The molecule has 29 heavy (non-hydrogen) atoms. The average Bonchev–Trinajstić information content (AvgIpc) is 2.99. The van der Waals surface area contributed by atoms with Gasteiger partial charge in [-0.3, -0.25) is 14.9 Å². The van der Waals surface area contributed by atoms with Gasteiger partial charge in [-0.1, -0.05) is 13.8 Å². The van der Waals surface area contributed by atoms with Crippen molar-refractivity contribution in [3.8, 4) is 0 Å². The molecule has 0 unspecified atom stereocenters. The van der Waals surface area contributed by atoms with E-state index in [1.54, 1.807) is 4.52 Å². The first-order chi connectivity index (χ1) is 13.7. The van der Waals surface area contributed by atoms with Crippen LogP contribution in [0, 0.1) is 26.7 Å². The smallest absolute Gasteiger partial charge is 0.321 e. The zero-order valence-electron chi connectivity index (χ0n) is 17.7. The third-order valence-corrected chi connectivity index (χ3v) is 4.49. The summed E-state index contributed by atoms with van der Waals surface area (Å²) >= 11 is 0. The van der Waals surface area contributed by atoms with Crippen LogP contribution in [0.3, 0.4) is 0 Å². The predicted molar refractivity (Wildman–Crippen MR) is 107 cm³/mol. The first-order valence-corrected chi connectivity index (χ1v) is 9.73. The molecular formula is C20H29N5O4. The molecule has 2 aromatic rings. The number of ether oxygens (including phenoxy) is 1. The number of fused-ring (bicyclic) bond motifs is 1. The molecule has 3 amide bonds. The second-order valence-electron chi connectivity index (χ2n) is 7.46. The minimum absolute atomic E-state index is 0.100. The molecule has 0 aliphatic carbocycles. The maximum absolute atomic E-state index is 12.0. The van der Waals surface area contributed by atoms with Crippen molar-refractivity contribution in [3.63, 3.8) is 0 Å². The van der Waals surface area contributed by atoms with E-state index in [2.05, 4.69) is 20.7 Å². The van der Waals surface area contributed by atoms with Gasteiger partial charge in [-0.15, -0.1) is 0 Å². The molecule has 9 heteroatoms. The Morgan fingerprint density at radius 2 is 1.93 bits per heavy atom. The van der Waals surface area contributed by atoms with Gasteiger partial charge in [0.05, 0.1) is 5.69 Å². The highest BCUT2D eigenvalue weighted by Gasteiger charge is 2.15. The lowest BCUT2D eigenvalue weighted by atomic mass is 10.1. The minimum Gasteiger partial charge on any atom is -0.456 e. The van der Waals surface area contributed by atoms with Gasteiger partial charge >= 0.3 is 12.0 Å². The van der Waals surface area contributed by atoms with Crippen LogP contribution >= 0.6 is 0 Å². The summed E-state index contributed by atoms with van der Waals surface area (Å²) < 4.78 is 6.72. The minimum atomic E-state index is -0.664. The van der Waals surface area contributed by atoms with E-state index in [4.69, 9.17) is 4.74 Å². The summed E-state index contributed by atoms with van der Waals surface area (Å²) in [4.78, 5) is 39.8. The molecule has 0 bridgehead atoms. The third kappa shape index (κ3) is 6.55. The summed E-state index contributed by atoms with van der Waals surface area (Å²) in [5, 5.41) is 9.12. The number of urea groups is 1. The highest BCUT2D eigenvalue weighted by atomic mass is 16.5. The summed E-state index contributed by atoms with van der Waals surface area (Å²) in [6.45, 7) is 9.78. The molecule has 9 nitrogen and oxygen atoms in total. The molecule has 2 heterocycles. The highest BCUT2D eigenvalue weighted by Crippen LogP contribution is 2.17. The number of aromatic nitrogens is 3. The molecule has 0 atom stereocenters. The van der Waals surface area contributed by atoms with E-state index in [0.29, 0.717) is 18.9 Å². The summed E-state index contributed by atoms with van der Waals surface area (Å²) in [5.74, 6) is -0.730. The summed E-state index contributed by atoms with van der Waals surface area (Å²) in [6.07, 6.45) is 1.34. The van der Waals surface area contributed by atoms with Gasteiger partial charge in [-0.25, -0.2) is 14.3 Å². The molecule has 0 aliphatic rings. The Balaban J connectivity index is 1.79. The van der Waals surface area contributed by atoms with Crippen LogP contribution in [0.15, 0.2) is 6.07 Å². The van der Waals surface area contributed by atoms with Crippen molar-refractivity contribution in [2.45, 2.75) is 53.9 Å². The number of rotatable bonds is 8. The van der Waals surface area contributed by atoms with Gasteiger partial charge in [0, 0.05) is 30.4 Å². The zero-order valence-corrected chi connectivity index (χ0v) is 17.7. The first kappa shape index (κ1) is 22.3. The van der Waals surface area contributed by atoms with E-state index in [1.165, 1.54) is 0 Å². The Morgan fingerprint density at radius 1 is 1.21 bits per heavy atom. The van der Waals surface area contributed by atoms with Crippen molar-refractivity contribution in [2.24, 2.45) is 5.92 Å². The second-order valence-corrected chi connectivity index (χ2v) is 7.46. The molecule has 0 aromatic carbocycles. The van der Waals surface area contributed by atoms with Crippen LogP contribution in [0.1, 0.15) is 49.3 Å². The van der Waals surface area contributed by atoms with Crippen LogP contribution in [0.2, 0.25) is 0 Å². The summed E-state index contributed by atoms with van der Waals surface area (Å²) in [6, 6.07) is 1.31. The normalized spacial score (nSPS) is 11.0. The van der Waals surface area contributed by atoms with E-state index in [-0.39, 0.29) is 6.42 Å². The van der Waals surface area contributed by atoms with Gasteiger partial charge in [-0.2, -0.15) is 5.10 Å². The number of esters is 1. The third-order valence-electron chi connectivity index (χ3n) is 4.49. The van der Waals surface area contributed by atoms with Gasteiger partial charge in [0.2, 0.25) is 0 Å². The van der Waals surface area contributed by atoms with Crippen molar-refractivity contribution >= 4 is 23.6 Å². The lowest BCUT2D eigenvalue weighted by Crippen LogP contribution is -2.42. The lowest BCUT2D eigenvalue weighted by Gasteiger charge is -2.11. The fourth-order valence-electron chi connectivity index (χ4n) is 2.93. The van der Waals surface area contributed by atoms with Gasteiger partial charge in [-0.05, 0) is 45.1 Å². The summed E-state index contributed by atoms with van der Waals surface area (Å²) in [7, 11) is 0. The molecule has 0 fully saturated rings. The van der Waals surface area contributed by atoms with Crippen LogP contribution in [0.4, 0.5) is 4.79 Å². The molecule has 0 aliphatic heterocycles. The van der Waals surface area contributed by atoms with Gasteiger partial charge in [0.1, 0.15) is 0 Å². The van der Waals surface area contributed by atoms with Crippen LogP contribution < -0.4 is 10.6 Å². The average molecular weight is 403 g/mol. The second kappa shape index (κ2) is 9.99. The number of nitrogens with zero attached hydrogens (tertiary/aromatic N) is 3. The number of hydrogen-bond donors (Lipinski definition) is 2. The van der Waals surface area contributed by atoms with Gasteiger partial charge in [0.25, 0.3) is 5.91 Å². The van der Waals surface area contributed by atoms with E-state index in [9.17, 15) is 14.4 Å². The molecule has 0 spiro atoms. The summed E-state index contributed by atoms with van der Waals surface area (Å²) in [5.41, 5.74) is 4.32. The highest BCUT2D eigenvalue weighted by molar-refractivity contribution is 5.95. The van der Waals surface area contributed by atoms with E-state index in [1.807, 2.05) is 40.7 Å². The Morgan fingerprint density at radius 3 is 2.62 bits per heavy atom. The van der Waals surface area contributed by atoms with Crippen LogP contribution in [0.5, 0.6) is 0 Å². The molecule has 2 aromatic heterocycles. The molecule has 0 saturated carbocycles. The lowest BCUT2D eigenvalue weighted by molar-refractivity contribution is -0.148. The van der Waals surface area contributed by atoms with Crippen molar-refractivity contribution in [3.05, 3.63) is 28.7 Å². The van der Waals surface area contributed by atoms with Crippen molar-refractivity contribution in [2.75, 3.05) is 13.2 Å². The van der Waals surface area contributed by atoms with Crippen LogP contribution in [-0.2, 0) is 20.7 Å². The van der Waals surface area contributed by atoms with Crippen molar-refractivity contribution < 1.29 is 19.1 Å². The maximum atomic E-state index is 12.0. The SMILES string of the molecule is Cc1cc2nc(C)c(CCC(=O)OCC(=O)NC(=O)NCCC(C)C)c(C)n2n1. The van der Waals surface area contributed by atoms with Crippen molar-refractivity contribution in [1.82, 2.24) is 25.2 Å². The van der Waals surface area contributed by atoms with Gasteiger partial charge < -0.3 is 10.1 Å². The number of aryl methyl sites for hydroxylation is 3. The Kier molecular flexibility index (Phi) is 7.69. The topological polar surface area (TPSA) is 115 Å².